The van der Waals surface area contributed by atoms with Crippen molar-refractivity contribution in [2.24, 2.45) is 23.7 Å². The van der Waals surface area contributed by atoms with E-state index in [-0.39, 0.29) is 0 Å². The SMILES string of the molecule is CC(C)C1=C(C(C)C)C(C(C)C)N2CCC1C2. The van der Waals surface area contributed by atoms with Gasteiger partial charge in [0.1, 0.15) is 0 Å². The molecule has 0 radical (unpaired) electrons. The number of hydrogen-bond donors (Lipinski definition) is 0. The molecule has 0 amide bonds. The zero-order valence-electron chi connectivity index (χ0n) is 12.5. The molecular weight excluding hydrogens is 206 g/mol. The fourth-order valence-electron chi connectivity index (χ4n) is 4.16. The molecule has 3 atom stereocenters. The second-order valence-electron chi connectivity index (χ2n) is 6.89. The van der Waals surface area contributed by atoms with Gasteiger partial charge in [-0.05, 0) is 36.6 Å². The Morgan fingerprint density at radius 2 is 1.53 bits per heavy atom. The molecule has 2 aliphatic heterocycles. The van der Waals surface area contributed by atoms with E-state index in [1.165, 1.54) is 19.5 Å². The lowest BCUT2D eigenvalue weighted by molar-refractivity contribution is 0.190. The lowest BCUT2D eigenvalue weighted by Gasteiger charge is -2.42. The van der Waals surface area contributed by atoms with Gasteiger partial charge in [-0.3, -0.25) is 4.90 Å². The summed E-state index contributed by atoms with van der Waals surface area (Å²) in [5.74, 6) is 3.06. The maximum Gasteiger partial charge on any atom is 0.0336 e. The van der Waals surface area contributed by atoms with Crippen LogP contribution in [-0.2, 0) is 0 Å². The highest BCUT2D eigenvalue weighted by Gasteiger charge is 2.41. The summed E-state index contributed by atoms with van der Waals surface area (Å²) in [4.78, 5) is 2.75. The van der Waals surface area contributed by atoms with Gasteiger partial charge < -0.3 is 0 Å². The fraction of sp³-hybridized carbons (Fsp3) is 0.875. The van der Waals surface area contributed by atoms with Crippen LogP contribution in [0.2, 0.25) is 0 Å². The third-order valence-corrected chi connectivity index (χ3v) is 4.58. The van der Waals surface area contributed by atoms with Gasteiger partial charge in [-0.2, -0.15) is 0 Å². The lowest BCUT2D eigenvalue weighted by atomic mass is 9.74. The van der Waals surface area contributed by atoms with Crippen LogP contribution < -0.4 is 0 Å². The predicted molar refractivity (Wildman–Crippen MR) is 75.0 cm³/mol. The Labute approximate surface area is 107 Å². The van der Waals surface area contributed by atoms with Crippen LogP contribution in [0.5, 0.6) is 0 Å². The van der Waals surface area contributed by atoms with Gasteiger partial charge in [0.2, 0.25) is 0 Å². The van der Waals surface area contributed by atoms with E-state index in [9.17, 15) is 0 Å². The summed E-state index contributed by atoms with van der Waals surface area (Å²) < 4.78 is 0. The van der Waals surface area contributed by atoms with E-state index < -0.39 is 0 Å². The van der Waals surface area contributed by atoms with Crippen molar-refractivity contribution in [1.82, 2.24) is 4.90 Å². The van der Waals surface area contributed by atoms with Crippen LogP contribution in [0.15, 0.2) is 11.1 Å². The second-order valence-corrected chi connectivity index (χ2v) is 6.89. The molecule has 2 heterocycles. The summed E-state index contributed by atoms with van der Waals surface area (Å²) in [6.07, 6.45) is 1.40. The lowest BCUT2D eigenvalue weighted by Crippen LogP contribution is -2.44. The summed E-state index contributed by atoms with van der Waals surface area (Å²) in [5.41, 5.74) is 3.59. The average molecular weight is 235 g/mol. The normalized spacial score (nSPS) is 33.4. The topological polar surface area (TPSA) is 3.24 Å². The Balaban J connectivity index is 2.47. The van der Waals surface area contributed by atoms with Crippen molar-refractivity contribution >= 4 is 0 Å². The summed E-state index contributed by atoms with van der Waals surface area (Å²) >= 11 is 0. The van der Waals surface area contributed by atoms with Crippen molar-refractivity contribution in [2.45, 2.75) is 54.0 Å². The monoisotopic (exact) mass is 235 g/mol. The minimum Gasteiger partial charge on any atom is -0.296 e. The predicted octanol–water partition coefficient (Wildman–Crippen LogP) is 3.96. The molecule has 17 heavy (non-hydrogen) atoms. The zero-order chi connectivity index (χ0) is 12.7. The first kappa shape index (κ1) is 13.1. The highest BCUT2D eigenvalue weighted by Crippen LogP contribution is 2.43. The largest absolute Gasteiger partial charge is 0.296 e. The first-order chi connectivity index (χ1) is 7.93. The Kier molecular flexibility index (Phi) is 3.68. The second kappa shape index (κ2) is 4.76. The highest BCUT2D eigenvalue weighted by atomic mass is 15.2. The average Bonchev–Trinajstić information content (AvgIpc) is 2.60. The molecular formula is C16H29N. The van der Waals surface area contributed by atoms with E-state index in [0.717, 1.165) is 17.8 Å². The van der Waals surface area contributed by atoms with E-state index in [0.29, 0.717) is 12.0 Å². The van der Waals surface area contributed by atoms with E-state index in [1.54, 1.807) is 5.57 Å². The zero-order valence-corrected chi connectivity index (χ0v) is 12.5. The molecule has 1 nitrogen and oxygen atoms in total. The molecule has 1 fully saturated rings. The molecule has 2 bridgehead atoms. The molecule has 1 saturated heterocycles. The molecule has 0 aromatic heterocycles. The highest BCUT2D eigenvalue weighted by molar-refractivity contribution is 5.31. The van der Waals surface area contributed by atoms with Crippen molar-refractivity contribution in [3.8, 4) is 0 Å². The van der Waals surface area contributed by atoms with Crippen LogP contribution in [0.25, 0.3) is 0 Å². The van der Waals surface area contributed by atoms with Crippen molar-refractivity contribution in [3.05, 3.63) is 11.1 Å². The first-order valence-electron chi connectivity index (χ1n) is 7.41. The maximum atomic E-state index is 2.75. The van der Waals surface area contributed by atoms with Crippen molar-refractivity contribution in [2.75, 3.05) is 13.1 Å². The van der Waals surface area contributed by atoms with Crippen LogP contribution in [-0.4, -0.2) is 24.0 Å². The summed E-state index contributed by atoms with van der Waals surface area (Å²) in [6.45, 7) is 17.0. The van der Waals surface area contributed by atoms with Gasteiger partial charge in [-0.1, -0.05) is 52.7 Å². The van der Waals surface area contributed by atoms with Crippen LogP contribution in [0, 0.1) is 23.7 Å². The number of fused-ring (bicyclic) bond motifs is 2. The molecule has 0 spiro atoms. The third-order valence-electron chi connectivity index (χ3n) is 4.58. The summed E-state index contributed by atoms with van der Waals surface area (Å²) in [7, 11) is 0. The van der Waals surface area contributed by atoms with Crippen LogP contribution >= 0.6 is 0 Å². The number of rotatable bonds is 3. The summed E-state index contributed by atoms with van der Waals surface area (Å²) in [5, 5.41) is 0. The van der Waals surface area contributed by atoms with E-state index in [4.69, 9.17) is 0 Å². The van der Waals surface area contributed by atoms with Gasteiger partial charge in [0.05, 0.1) is 0 Å². The van der Waals surface area contributed by atoms with Crippen molar-refractivity contribution < 1.29 is 0 Å². The third kappa shape index (κ3) is 2.19. The Morgan fingerprint density at radius 3 is 2.00 bits per heavy atom. The Morgan fingerprint density at radius 1 is 0.941 bits per heavy atom. The van der Waals surface area contributed by atoms with Crippen molar-refractivity contribution in [3.63, 3.8) is 0 Å². The van der Waals surface area contributed by atoms with Gasteiger partial charge in [0, 0.05) is 12.6 Å². The molecule has 0 aromatic rings. The molecule has 2 aliphatic rings. The minimum absolute atomic E-state index is 0.711. The molecule has 3 unspecified atom stereocenters. The molecule has 1 heteroatoms. The van der Waals surface area contributed by atoms with Gasteiger partial charge >= 0.3 is 0 Å². The number of nitrogens with zero attached hydrogens (tertiary/aromatic N) is 1. The van der Waals surface area contributed by atoms with Crippen LogP contribution in [0.1, 0.15) is 48.0 Å². The number of hydrogen-bond acceptors (Lipinski definition) is 1. The van der Waals surface area contributed by atoms with Crippen LogP contribution in [0.3, 0.4) is 0 Å². The van der Waals surface area contributed by atoms with Gasteiger partial charge in [-0.15, -0.1) is 0 Å². The van der Waals surface area contributed by atoms with Gasteiger partial charge in [0.25, 0.3) is 0 Å². The first-order valence-corrected chi connectivity index (χ1v) is 7.41. The van der Waals surface area contributed by atoms with Crippen LogP contribution in [0.4, 0.5) is 0 Å². The molecule has 0 aliphatic carbocycles. The molecule has 0 saturated carbocycles. The van der Waals surface area contributed by atoms with Gasteiger partial charge in [0.15, 0.2) is 0 Å². The van der Waals surface area contributed by atoms with E-state index in [2.05, 4.69) is 46.4 Å². The van der Waals surface area contributed by atoms with E-state index in [1.807, 2.05) is 5.57 Å². The minimum atomic E-state index is 0.711. The quantitative estimate of drug-likeness (QED) is 0.669. The molecule has 0 N–H and O–H groups in total. The molecule has 0 aromatic carbocycles. The van der Waals surface area contributed by atoms with Gasteiger partial charge in [-0.25, -0.2) is 0 Å². The molecule has 2 rings (SSSR count). The standard InChI is InChI=1S/C16H29N/c1-10(2)14-13-7-8-17(9-13)16(12(5)6)15(14)11(3)4/h10-13,16H,7-9H2,1-6H3. The van der Waals surface area contributed by atoms with E-state index >= 15 is 0 Å². The Bertz CT molecular complexity index is 311. The fourth-order valence-corrected chi connectivity index (χ4v) is 4.16. The smallest absolute Gasteiger partial charge is 0.0336 e. The summed E-state index contributed by atoms with van der Waals surface area (Å²) in [6, 6.07) is 0.714. The Hall–Kier alpha value is -0.300. The maximum absolute atomic E-state index is 2.75. The molecule has 98 valence electrons. The van der Waals surface area contributed by atoms with Crippen molar-refractivity contribution in [1.29, 1.82) is 0 Å².